The first-order chi connectivity index (χ1) is 15.3. The molecular formula is C24H23FN2O5. The summed E-state index contributed by atoms with van der Waals surface area (Å²) >= 11 is 0. The standard InChI is InChI=1S/C24H23FN2O5/c1-14-4-2-3-5-20(14)26-21(28)13-32-24(31)15-6-11-18-19(12-15)23(30)27(22(18)29)17-9-7-16(25)8-10-17/h6-12,14,20H,2-5,13H2,1H3,(H,26,28)/t14-,20-/m1/s1. The van der Waals surface area contributed by atoms with Crippen LogP contribution >= 0.6 is 0 Å². The van der Waals surface area contributed by atoms with Gasteiger partial charge in [-0.25, -0.2) is 14.1 Å². The van der Waals surface area contributed by atoms with Crippen molar-refractivity contribution >= 4 is 29.4 Å². The zero-order chi connectivity index (χ0) is 22.8. The quantitative estimate of drug-likeness (QED) is 0.570. The highest BCUT2D eigenvalue weighted by Gasteiger charge is 2.37. The largest absolute Gasteiger partial charge is 0.452 e. The lowest BCUT2D eigenvalue weighted by Crippen LogP contribution is -2.42. The molecule has 166 valence electrons. The van der Waals surface area contributed by atoms with Gasteiger partial charge in [0.15, 0.2) is 6.61 Å². The third kappa shape index (κ3) is 4.26. The molecule has 2 aliphatic rings. The van der Waals surface area contributed by atoms with Crippen molar-refractivity contribution < 1.29 is 28.3 Å². The molecule has 3 amide bonds. The molecule has 1 saturated carbocycles. The molecule has 2 atom stereocenters. The second-order valence-electron chi connectivity index (χ2n) is 8.19. The van der Waals surface area contributed by atoms with E-state index in [2.05, 4.69) is 12.2 Å². The topological polar surface area (TPSA) is 92.8 Å². The molecule has 1 N–H and O–H groups in total. The van der Waals surface area contributed by atoms with Gasteiger partial charge < -0.3 is 10.1 Å². The third-order valence-electron chi connectivity index (χ3n) is 6.00. The summed E-state index contributed by atoms with van der Waals surface area (Å²) in [6, 6.07) is 9.08. The molecular weight excluding hydrogens is 415 g/mol. The number of halogens is 1. The summed E-state index contributed by atoms with van der Waals surface area (Å²) < 4.78 is 18.3. The van der Waals surface area contributed by atoms with E-state index in [-0.39, 0.29) is 34.3 Å². The van der Waals surface area contributed by atoms with E-state index >= 15 is 0 Å². The minimum atomic E-state index is -0.764. The van der Waals surface area contributed by atoms with Crippen molar-refractivity contribution in [3.8, 4) is 0 Å². The molecule has 4 rings (SSSR count). The van der Waals surface area contributed by atoms with Crippen LogP contribution < -0.4 is 10.2 Å². The number of ether oxygens (including phenoxy) is 1. The number of nitrogens with one attached hydrogen (secondary N) is 1. The average Bonchev–Trinajstić information content (AvgIpc) is 3.04. The minimum Gasteiger partial charge on any atom is -0.452 e. The van der Waals surface area contributed by atoms with Gasteiger partial charge in [-0.05, 0) is 61.2 Å². The Balaban J connectivity index is 1.42. The fraction of sp³-hybridized carbons (Fsp3) is 0.333. The van der Waals surface area contributed by atoms with Gasteiger partial charge in [-0.3, -0.25) is 14.4 Å². The van der Waals surface area contributed by atoms with Crippen LogP contribution in [0.1, 0.15) is 63.7 Å². The number of carbonyl (C=O) groups excluding carboxylic acids is 4. The predicted octanol–water partition coefficient (Wildman–Crippen LogP) is 3.48. The van der Waals surface area contributed by atoms with Crippen molar-refractivity contribution in [3.05, 3.63) is 65.0 Å². The van der Waals surface area contributed by atoms with Gasteiger partial charge in [0.05, 0.1) is 22.4 Å². The number of hydrogen-bond acceptors (Lipinski definition) is 5. The van der Waals surface area contributed by atoms with Crippen LogP contribution in [-0.4, -0.2) is 36.3 Å². The molecule has 0 saturated heterocycles. The summed E-state index contributed by atoms with van der Waals surface area (Å²) in [7, 11) is 0. The second kappa shape index (κ2) is 8.90. The molecule has 1 heterocycles. The molecule has 0 unspecified atom stereocenters. The summed E-state index contributed by atoms with van der Waals surface area (Å²) in [5, 5.41) is 2.91. The Morgan fingerprint density at radius 1 is 1.03 bits per heavy atom. The van der Waals surface area contributed by atoms with Crippen molar-refractivity contribution in [1.82, 2.24) is 5.32 Å². The fourth-order valence-corrected chi connectivity index (χ4v) is 4.19. The molecule has 0 radical (unpaired) electrons. The smallest absolute Gasteiger partial charge is 0.338 e. The number of rotatable bonds is 5. The van der Waals surface area contributed by atoms with Gasteiger partial charge >= 0.3 is 5.97 Å². The first-order valence-corrected chi connectivity index (χ1v) is 10.6. The first kappa shape index (κ1) is 21.7. The number of imide groups is 1. The van der Waals surface area contributed by atoms with Crippen LogP contribution in [-0.2, 0) is 9.53 Å². The van der Waals surface area contributed by atoms with E-state index in [0.717, 1.165) is 42.7 Å². The maximum Gasteiger partial charge on any atom is 0.338 e. The molecule has 1 aliphatic heterocycles. The van der Waals surface area contributed by atoms with E-state index in [4.69, 9.17) is 4.74 Å². The second-order valence-corrected chi connectivity index (χ2v) is 8.19. The van der Waals surface area contributed by atoms with Crippen LogP contribution in [0.3, 0.4) is 0 Å². The number of amides is 3. The molecule has 0 aromatic heterocycles. The molecule has 1 aliphatic carbocycles. The van der Waals surface area contributed by atoms with Gasteiger partial charge in [-0.1, -0.05) is 19.8 Å². The van der Waals surface area contributed by atoms with E-state index in [0.29, 0.717) is 5.92 Å². The molecule has 0 spiro atoms. The summed E-state index contributed by atoms with van der Waals surface area (Å²) in [6.07, 6.45) is 4.18. The first-order valence-electron chi connectivity index (χ1n) is 10.6. The van der Waals surface area contributed by atoms with E-state index in [1.165, 1.54) is 30.3 Å². The van der Waals surface area contributed by atoms with Gasteiger partial charge in [-0.15, -0.1) is 0 Å². The predicted molar refractivity (Wildman–Crippen MR) is 114 cm³/mol. The number of fused-ring (bicyclic) bond motifs is 1. The van der Waals surface area contributed by atoms with Gasteiger partial charge in [0.25, 0.3) is 17.7 Å². The highest BCUT2D eigenvalue weighted by atomic mass is 19.1. The van der Waals surface area contributed by atoms with Gasteiger partial charge in [0, 0.05) is 6.04 Å². The highest BCUT2D eigenvalue weighted by Crippen LogP contribution is 2.29. The van der Waals surface area contributed by atoms with Crippen molar-refractivity contribution in [3.63, 3.8) is 0 Å². The number of carbonyl (C=O) groups is 4. The Morgan fingerprint density at radius 2 is 1.72 bits per heavy atom. The van der Waals surface area contributed by atoms with Crippen LogP contribution in [0.5, 0.6) is 0 Å². The fourth-order valence-electron chi connectivity index (χ4n) is 4.19. The molecule has 2 aromatic rings. The Bertz CT molecular complexity index is 1080. The lowest BCUT2D eigenvalue weighted by atomic mass is 9.86. The highest BCUT2D eigenvalue weighted by molar-refractivity contribution is 6.34. The molecule has 0 bridgehead atoms. The van der Waals surface area contributed by atoms with Crippen molar-refractivity contribution in [2.45, 2.75) is 38.6 Å². The van der Waals surface area contributed by atoms with Crippen LogP contribution in [0.4, 0.5) is 10.1 Å². The Hall–Kier alpha value is -3.55. The number of hydrogen-bond donors (Lipinski definition) is 1. The molecule has 2 aromatic carbocycles. The maximum absolute atomic E-state index is 13.2. The van der Waals surface area contributed by atoms with Crippen LogP contribution in [0, 0.1) is 11.7 Å². The summed E-state index contributed by atoms with van der Waals surface area (Å²) in [4.78, 5) is 51.0. The zero-order valence-electron chi connectivity index (χ0n) is 17.6. The maximum atomic E-state index is 13.2. The average molecular weight is 438 g/mol. The molecule has 32 heavy (non-hydrogen) atoms. The normalized spacial score (nSPS) is 20.1. The number of nitrogens with zero attached hydrogens (tertiary/aromatic N) is 1. The third-order valence-corrected chi connectivity index (χ3v) is 6.00. The summed E-state index contributed by atoms with van der Waals surface area (Å²) in [5.74, 6) is -2.41. The Kier molecular flexibility index (Phi) is 6.03. The zero-order valence-corrected chi connectivity index (χ0v) is 17.6. The van der Waals surface area contributed by atoms with Gasteiger partial charge in [0.2, 0.25) is 0 Å². The lowest BCUT2D eigenvalue weighted by Gasteiger charge is -2.29. The van der Waals surface area contributed by atoms with E-state index in [1.807, 2.05) is 0 Å². The van der Waals surface area contributed by atoms with Crippen LogP contribution in [0.15, 0.2) is 42.5 Å². The molecule has 7 nitrogen and oxygen atoms in total. The lowest BCUT2D eigenvalue weighted by molar-refractivity contribution is -0.125. The Morgan fingerprint density at radius 3 is 2.44 bits per heavy atom. The number of esters is 1. The van der Waals surface area contributed by atoms with E-state index < -0.39 is 30.2 Å². The number of anilines is 1. The van der Waals surface area contributed by atoms with Crippen LogP contribution in [0.25, 0.3) is 0 Å². The number of benzene rings is 2. The van der Waals surface area contributed by atoms with Crippen molar-refractivity contribution in [1.29, 1.82) is 0 Å². The van der Waals surface area contributed by atoms with Gasteiger partial charge in [-0.2, -0.15) is 0 Å². The Labute approximate surface area is 184 Å². The SMILES string of the molecule is C[C@@H]1CCCC[C@H]1NC(=O)COC(=O)c1ccc2c(c1)C(=O)N(c1ccc(F)cc1)C2=O. The van der Waals surface area contributed by atoms with Crippen molar-refractivity contribution in [2.24, 2.45) is 5.92 Å². The summed E-state index contributed by atoms with van der Waals surface area (Å²) in [6.45, 7) is 1.67. The van der Waals surface area contributed by atoms with E-state index in [1.54, 1.807) is 0 Å². The molecule has 1 fully saturated rings. The minimum absolute atomic E-state index is 0.0502. The monoisotopic (exact) mass is 438 g/mol. The molecule has 8 heteroatoms. The van der Waals surface area contributed by atoms with E-state index in [9.17, 15) is 23.6 Å². The van der Waals surface area contributed by atoms with Crippen LogP contribution in [0.2, 0.25) is 0 Å². The summed E-state index contributed by atoms with van der Waals surface area (Å²) in [5.41, 5.74) is 0.481. The van der Waals surface area contributed by atoms with Crippen molar-refractivity contribution in [2.75, 3.05) is 11.5 Å². The van der Waals surface area contributed by atoms with Gasteiger partial charge in [0.1, 0.15) is 5.82 Å².